The number of benzene rings is 1. The number of hydrogen-bond donors (Lipinski definition) is 0. The van der Waals surface area contributed by atoms with Crippen molar-refractivity contribution in [2.75, 3.05) is 6.61 Å². The standard InChI is InChI=1S/C9H7Cl2FO4S/c1-2-16-9(13)5-3-8(17(11,14)15)6(10)4-7(5)12/h3-4H,2H2,1H3. The molecule has 0 aliphatic carbocycles. The van der Waals surface area contributed by atoms with Crippen LogP contribution in [0.3, 0.4) is 0 Å². The zero-order chi connectivity index (χ0) is 13.2. The van der Waals surface area contributed by atoms with Crippen molar-refractivity contribution in [1.29, 1.82) is 0 Å². The van der Waals surface area contributed by atoms with E-state index in [0.717, 1.165) is 6.07 Å². The van der Waals surface area contributed by atoms with Gasteiger partial charge in [0.15, 0.2) is 0 Å². The summed E-state index contributed by atoms with van der Waals surface area (Å²) in [5.41, 5.74) is -0.532. The molecule has 0 spiro atoms. The smallest absolute Gasteiger partial charge is 0.341 e. The molecule has 17 heavy (non-hydrogen) atoms. The summed E-state index contributed by atoms with van der Waals surface area (Å²) >= 11 is 5.51. The van der Waals surface area contributed by atoms with E-state index in [1.807, 2.05) is 0 Å². The predicted molar refractivity (Wildman–Crippen MR) is 60.4 cm³/mol. The molecule has 4 nitrogen and oxygen atoms in total. The average molecular weight is 301 g/mol. The van der Waals surface area contributed by atoms with E-state index in [2.05, 4.69) is 4.74 Å². The van der Waals surface area contributed by atoms with Crippen LogP contribution in [0.2, 0.25) is 5.02 Å². The molecule has 0 fully saturated rings. The highest BCUT2D eigenvalue weighted by Crippen LogP contribution is 2.28. The van der Waals surface area contributed by atoms with Gasteiger partial charge in [0.25, 0.3) is 9.05 Å². The van der Waals surface area contributed by atoms with Crippen LogP contribution in [0.25, 0.3) is 0 Å². The van der Waals surface area contributed by atoms with Gasteiger partial charge in [0, 0.05) is 10.7 Å². The lowest BCUT2D eigenvalue weighted by Crippen LogP contribution is -2.09. The average Bonchev–Trinajstić information content (AvgIpc) is 2.15. The van der Waals surface area contributed by atoms with Crippen LogP contribution in [-0.2, 0) is 13.8 Å². The first-order chi connectivity index (χ1) is 7.77. The molecule has 0 bridgehead atoms. The Morgan fingerprint density at radius 2 is 2.06 bits per heavy atom. The molecule has 0 aromatic heterocycles. The van der Waals surface area contributed by atoms with Gasteiger partial charge in [-0.2, -0.15) is 0 Å². The van der Waals surface area contributed by atoms with Crippen LogP contribution >= 0.6 is 22.3 Å². The molecule has 8 heteroatoms. The second-order valence-electron chi connectivity index (χ2n) is 2.92. The number of ether oxygens (including phenoxy) is 1. The zero-order valence-electron chi connectivity index (χ0n) is 8.54. The van der Waals surface area contributed by atoms with Crippen molar-refractivity contribution in [1.82, 2.24) is 0 Å². The van der Waals surface area contributed by atoms with Crippen molar-refractivity contribution in [3.05, 3.63) is 28.5 Å². The summed E-state index contributed by atoms with van der Waals surface area (Å²) in [5, 5.41) is -0.398. The Kier molecular flexibility index (Phi) is 4.35. The van der Waals surface area contributed by atoms with Gasteiger partial charge in [-0.1, -0.05) is 11.6 Å². The number of halogens is 3. The number of rotatable bonds is 3. The SMILES string of the molecule is CCOC(=O)c1cc(S(=O)(=O)Cl)c(Cl)cc1F. The Bertz CT molecular complexity index is 556. The number of carbonyl (C=O) groups is 1. The molecule has 1 aromatic carbocycles. The second-order valence-corrected chi connectivity index (χ2v) is 5.86. The Morgan fingerprint density at radius 3 is 2.53 bits per heavy atom. The molecular weight excluding hydrogens is 294 g/mol. The quantitative estimate of drug-likeness (QED) is 0.636. The minimum absolute atomic E-state index is 0.0316. The van der Waals surface area contributed by atoms with Crippen molar-refractivity contribution >= 4 is 37.3 Å². The van der Waals surface area contributed by atoms with Gasteiger partial charge in [-0.3, -0.25) is 0 Å². The molecule has 0 heterocycles. The highest BCUT2D eigenvalue weighted by atomic mass is 35.7. The van der Waals surface area contributed by atoms with E-state index in [0.29, 0.717) is 6.07 Å². The maximum Gasteiger partial charge on any atom is 0.341 e. The summed E-state index contributed by atoms with van der Waals surface area (Å²) < 4.78 is 40.1. The van der Waals surface area contributed by atoms with Gasteiger partial charge in [-0.25, -0.2) is 17.6 Å². The van der Waals surface area contributed by atoms with E-state index in [4.69, 9.17) is 22.3 Å². The zero-order valence-corrected chi connectivity index (χ0v) is 10.9. The highest BCUT2D eigenvalue weighted by Gasteiger charge is 2.22. The van der Waals surface area contributed by atoms with Gasteiger partial charge in [0.05, 0.1) is 17.2 Å². The third-order valence-corrected chi connectivity index (χ3v) is 3.57. The van der Waals surface area contributed by atoms with Gasteiger partial charge in [0.2, 0.25) is 0 Å². The van der Waals surface area contributed by atoms with Gasteiger partial charge in [-0.15, -0.1) is 0 Å². The van der Waals surface area contributed by atoms with Crippen LogP contribution in [0, 0.1) is 5.82 Å². The van der Waals surface area contributed by atoms with Crippen LogP contribution < -0.4 is 0 Å². The summed E-state index contributed by atoms with van der Waals surface area (Å²) in [5.74, 6) is -1.96. The molecule has 0 saturated carbocycles. The van der Waals surface area contributed by atoms with Crippen LogP contribution in [0.15, 0.2) is 17.0 Å². The Hall–Kier alpha value is -0.850. The maximum absolute atomic E-state index is 13.4. The minimum atomic E-state index is -4.16. The molecule has 0 aliphatic heterocycles. The third-order valence-electron chi connectivity index (χ3n) is 1.78. The molecular formula is C9H7Cl2FO4S. The molecule has 0 unspecified atom stereocenters. The van der Waals surface area contributed by atoms with Crippen LogP contribution in [0.1, 0.15) is 17.3 Å². The van der Waals surface area contributed by atoms with Crippen molar-refractivity contribution in [3.8, 4) is 0 Å². The van der Waals surface area contributed by atoms with Gasteiger partial charge >= 0.3 is 5.97 Å². The van der Waals surface area contributed by atoms with Crippen molar-refractivity contribution in [2.24, 2.45) is 0 Å². The predicted octanol–water partition coefficient (Wildman–Crippen LogP) is 2.58. The molecule has 1 rings (SSSR count). The lowest BCUT2D eigenvalue weighted by molar-refractivity contribution is 0.0520. The summed E-state index contributed by atoms with van der Waals surface area (Å²) in [6, 6.07) is 1.45. The first-order valence-corrected chi connectivity index (χ1v) is 7.07. The molecule has 0 radical (unpaired) electrons. The van der Waals surface area contributed by atoms with E-state index in [9.17, 15) is 17.6 Å². The van der Waals surface area contributed by atoms with E-state index < -0.39 is 36.3 Å². The van der Waals surface area contributed by atoms with Crippen molar-refractivity contribution in [2.45, 2.75) is 11.8 Å². The molecule has 0 aliphatic rings. The third kappa shape index (κ3) is 3.31. The maximum atomic E-state index is 13.4. The largest absolute Gasteiger partial charge is 0.462 e. The second kappa shape index (κ2) is 5.20. The minimum Gasteiger partial charge on any atom is -0.462 e. The fraction of sp³-hybridized carbons (Fsp3) is 0.222. The molecule has 0 amide bonds. The highest BCUT2D eigenvalue weighted by molar-refractivity contribution is 8.13. The van der Waals surface area contributed by atoms with E-state index in [1.54, 1.807) is 0 Å². The van der Waals surface area contributed by atoms with Crippen LogP contribution in [0.4, 0.5) is 4.39 Å². The summed E-state index contributed by atoms with van der Waals surface area (Å²) in [4.78, 5) is 10.8. The van der Waals surface area contributed by atoms with E-state index in [-0.39, 0.29) is 6.61 Å². The lowest BCUT2D eigenvalue weighted by atomic mass is 10.2. The van der Waals surface area contributed by atoms with Gasteiger partial charge < -0.3 is 4.74 Å². The van der Waals surface area contributed by atoms with Gasteiger partial charge in [-0.05, 0) is 19.1 Å². The van der Waals surface area contributed by atoms with E-state index in [1.165, 1.54) is 6.92 Å². The topological polar surface area (TPSA) is 60.4 Å². The first kappa shape index (κ1) is 14.2. The molecule has 0 N–H and O–H groups in total. The fourth-order valence-corrected chi connectivity index (χ4v) is 2.59. The monoisotopic (exact) mass is 300 g/mol. The lowest BCUT2D eigenvalue weighted by Gasteiger charge is -2.06. The fourth-order valence-electron chi connectivity index (χ4n) is 1.08. The Morgan fingerprint density at radius 1 is 1.47 bits per heavy atom. The summed E-state index contributed by atoms with van der Waals surface area (Å²) in [6.07, 6.45) is 0. The summed E-state index contributed by atoms with van der Waals surface area (Å²) in [6.45, 7) is 1.56. The van der Waals surface area contributed by atoms with Crippen molar-refractivity contribution in [3.63, 3.8) is 0 Å². The first-order valence-electron chi connectivity index (χ1n) is 4.38. The number of carbonyl (C=O) groups excluding carboxylic acids is 1. The van der Waals surface area contributed by atoms with Crippen molar-refractivity contribution < 1.29 is 22.3 Å². The van der Waals surface area contributed by atoms with Crippen LogP contribution in [0.5, 0.6) is 0 Å². The molecule has 0 atom stereocenters. The van der Waals surface area contributed by atoms with E-state index >= 15 is 0 Å². The Balaban J connectivity index is 3.39. The number of hydrogen-bond acceptors (Lipinski definition) is 4. The Labute approximate surface area is 107 Å². The molecule has 1 aromatic rings. The normalized spacial score (nSPS) is 11.3. The van der Waals surface area contributed by atoms with Gasteiger partial charge in [0.1, 0.15) is 10.7 Å². The molecule has 94 valence electrons. The van der Waals surface area contributed by atoms with Crippen LogP contribution in [-0.4, -0.2) is 21.0 Å². The molecule has 0 saturated heterocycles. The summed E-state index contributed by atoms with van der Waals surface area (Å²) in [7, 11) is 0.928. The number of esters is 1.